The van der Waals surface area contributed by atoms with Gasteiger partial charge in [-0.05, 0) is 17.7 Å². The number of fused-ring (bicyclic) bond motifs is 1. The molecule has 1 aromatic carbocycles. The molecule has 0 amide bonds. The first-order valence-electron chi connectivity index (χ1n) is 4.09. The van der Waals surface area contributed by atoms with Crippen molar-refractivity contribution in [1.29, 1.82) is 0 Å². The molecule has 2 aromatic rings. The van der Waals surface area contributed by atoms with Crippen LogP contribution >= 0.6 is 11.6 Å². The zero-order chi connectivity index (χ0) is 10.3. The van der Waals surface area contributed by atoms with Crippen LogP contribution in [-0.4, -0.2) is 4.57 Å². The maximum Gasteiger partial charge on any atom is 0.419 e. The molecule has 1 heterocycles. The predicted molar refractivity (Wildman–Crippen MR) is 54.2 cm³/mol. The van der Waals surface area contributed by atoms with Gasteiger partial charge in [-0.3, -0.25) is 4.57 Å². The SMILES string of the molecule is Cn1c(=O)oc2ccc(C(N)Cl)cc21. The van der Waals surface area contributed by atoms with Crippen molar-refractivity contribution in [2.45, 2.75) is 5.50 Å². The number of hydrogen-bond acceptors (Lipinski definition) is 3. The summed E-state index contributed by atoms with van der Waals surface area (Å²) >= 11 is 5.72. The zero-order valence-corrected chi connectivity index (χ0v) is 8.28. The van der Waals surface area contributed by atoms with Gasteiger partial charge in [0.15, 0.2) is 5.58 Å². The standard InChI is InChI=1S/C9H9ClN2O2/c1-12-6-4-5(8(10)11)2-3-7(6)14-9(12)13/h2-4,8H,11H2,1H3. The van der Waals surface area contributed by atoms with Crippen molar-refractivity contribution in [3.63, 3.8) is 0 Å². The second-order valence-electron chi connectivity index (χ2n) is 3.06. The Morgan fingerprint density at radius 2 is 2.29 bits per heavy atom. The third-order valence-corrected chi connectivity index (χ3v) is 2.39. The molecular formula is C9H9ClN2O2. The molecule has 2 N–H and O–H groups in total. The fraction of sp³-hybridized carbons (Fsp3) is 0.222. The lowest BCUT2D eigenvalue weighted by Gasteiger charge is -2.02. The van der Waals surface area contributed by atoms with Crippen molar-refractivity contribution in [2.24, 2.45) is 12.8 Å². The van der Waals surface area contributed by atoms with Crippen molar-refractivity contribution in [3.05, 3.63) is 34.3 Å². The minimum atomic E-state index is -0.565. The highest BCUT2D eigenvalue weighted by Crippen LogP contribution is 2.19. The molecule has 0 bridgehead atoms. The number of rotatable bonds is 1. The summed E-state index contributed by atoms with van der Waals surface area (Å²) in [5.74, 6) is -0.389. The molecule has 1 atom stereocenters. The lowest BCUT2D eigenvalue weighted by molar-refractivity contribution is 0.528. The molecule has 0 saturated heterocycles. The Bertz CT molecular complexity index is 527. The normalized spacial score (nSPS) is 13.4. The first kappa shape index (κ1) is 9.30. The molecule has 1 aromatic heterocycles. The number of nitrogens with zero attached hydrogens (tertiary/aromatic N) is 1. The Kier molecular flexibility index (Phi) is 2.09. The number of alkyl halides is 1. The molecule has 0 saturated carbocycles. The van der Waals surface area contributed by atoms with Gasteiger partial charge in [-0.2, -0.15) is 0 Å². The van der Waals surface area contributed by atoms with Crippen LogP contribution in [0.15, 0.2) is 27.4 Å². The van der Waals surface area contributed by atoms with Crippen LogP contribution in [0.1, 0.15) is 11.1 Å². The van der Waals surface area contributed by atoms with E-state index in [1.807, 2.05) is 0 Å². The molecule has 0 aliphatic rings. The quantitative estimate of drug-likeness (QED) is 0.573. The fourth-order valence-corrected chi connectivity index (χ4v) is 1.45. The first-order chi connectivity index (χ1) is 6.59. The zero-order valence-electron chi connectivity index (χ0n) is 7.53. The van der Waals surface area contributed by atoms with Gasteiger partial charge in [-0.15, -0.1) is 11.6 Å². The van der Waals surface area contributed by atoms with Gasteiger partial charge in [0.25, 0.3) is 0 Å². The summed E-state index contributed by atoms with van der Waals surface area (Å²) < 4.78 is 6.37. The van der Waals surface area contributed by atoms with Crippen LogP contribution < -0.4 is 11.5 Å². The maximum absolute atomic E-state index is 11.2. The summed E-state index contributed by atoms with van der Waals surface area (Å²) in [6.45, 7) is 0. The summed E-state index contributed by atoms with van der Waals surface area (Å²) in [6.07, 6.45) is 0. The van der Waals surface area contributed by atoms with Crippen molar-refractivity contribution in [1.82, 2.24) is 4.57 Å². The molecule has 74 valence electrons. The van der Waals surface area contributed by atoms with Crippen LogP contribution in [-0.2, 0) is 7.05 Å². The van der Waals surface area contributed by atoms with Gasteiger partial charge in [-0.25, -0.2) is 4.79 Å². The van der Waals surface area contributed by atoms with E-state index in [9.17, 15) is 4.79 Å². The lowest BCUT2D eigenvalue weighted by Crippen LogP contribution is -2.08. The summed E-state index contributed by atoms with van der Waals surface area (Å²) in [4.78, 5) is 11.2. The molecule has 2 rings (SSSR count). The topological polar surface area (TPSA) is 61.2 Å². The van der Waals surface area contributed by atoms with Crippen molar-refractivity contribution in [3.8, 4) is 0 Å². The number of benzene rings is 1. The number of hydrogen-bond donors (Lipinski definition) is 1. The van der Waals surface area contributed by atoms with E-state index >= 15 is 0 Å². The molecule has 0 aliphatic carbocycles. The largest absolute Gasteiger partial charge is 0.419 e. The minimum absolute atomic E-state index is 0.389. The molecular weight excluding hydrogens is 204 g/mol. The van der Waals surface area contributed by atoms with Gasteiger partial charge in [0.2, 0.25) is 0 Å². The Morgan fingerprint density at radius 1 is 1.57 bits per heavy atom. The third-order valence-electron chi connectivity index (χ3n) is 2.13. The van der Waals surface area contributed by atoms with Crippen LogP contribution in [0.25, 0.3) is 11.1 Å². The number of aromatic nitrogens is 1. The van der Waals surface area contributed by atoms with Gasteiger partial charge in [0.05, 0.1) is 5.52 Å². The van der Waals surface area contributed by atoms with E-state index in [2.05, 4.69) is 0 Å². The van der Waals surface area contributed by atoms with Gasteiger partial charge < -0.3 is 10.2 Å². The fourth-order valence-electron chi connectivity index (χ4n) is 1.32. The monoisotopic (exact) mass is 212 g/mol. The van der Waals surface area contributed by atoms with Crippen LogP contribution in [0.3, 0.4) is 0 Å². The molecule has 0 radical (unpaired) electrons. The Hall–Kier alpha value is -1.26. The van der Waals surface area contributed by atoms with Crippen LogP contribution in [0.4, 0.5) is 0 Å². The minimum Gasteiger partial charge on any atom is -0.408 e. The van der Waals surface area contributed by atoms with Gasteiger partial charge in [0, 0.05) is 7.05 Å². The van der Waals surface area contributed by atoms with E-state index in [4.69, 9.17) is 21.8 Å². The number of nitrogens with two attached hydrogens (primary N) is 1. The smallest absolute Gasteiger partial charge is 0.408 e. The highest BCUT2D eigenvalue weighted by atomic mass is 35.5. The number of oxazole rings is 1. The number of halogens is 1. The number of aryl methyl sites for hydroxylation is 1. The molecule has 0 fully saturated rings. The van der Waals surface area contributed by atoms with Crippen LogP contribution in [0.5, 0.6) is 0 Å². The first-order valence-corrected chi connectivity index (χ1v) is 4.52. The average Bonchev–Trinajstić information content (AvgIpc) is 2.43. The van der Waals surface area contributed by atoms with Gasteiger partial charge >= 0.3 is 5.76 Å². The maximum atomic E-state index is 11.2. The highest BCUT2D eigenvalue weighted by molar-refractivity contribution is 6.20. The van der Waals surface area contributed by atoms with Gasteiger partial charge in [-0.1, -0.05) is 6.07 Å². The molecule has 4 nitrogen and oxygen atoms in total. The molecule has 0 aliphatic heterocycles. The average molecular weight is 213 g/mol. The predicted octanol–water partition coefficient (Wildman–Crippen LogP) is 1.33. The highest BCUT2D eigenvalue weighted by Gasteiger charge is 2.08. The second-order valence-corrected chi connectivity index (χ2v) is 3.53. The van der Waals surface area contributed by atoms with Crippen LogP contribution in [0.2, 0.25) is 0 Å². The van der Waals surface area contributed by atoms with Crippen LogP contribution in [0, 0.1) is 0 Å². The molecule has 1 unspecified atom stereocenters. The van der Waals surface area contributed by atoms with E-state index in [0.29, 0.717) is 11.1 Å². The molecule has 0 spiro atoms. The van der Waals surface area contributed by atoms with E-state index < -0.39 is 5.50 Å². The van der Waals surface area contributed by atoms with Gasteiger partial charge in [0.1, 0.15) is 5.50 Å². The van der Waals surface area contributed by atoms with E-state index in [-0.39, 0.29) is 5.76 Å². The molecule has 5 heteroatoms. The summed E-state index contributed by atoms with van der Waals surface area (Å²) in [6, 6.07) is 5.18. The Balaban J connectivity index is 2.76. The van der Waals surface area contributed by atoms with Crippen molar-refractivity contribution >= 4 is 22.7 Å². The summed E-state index contributed by atoms with van der Waals surface area (Å²) in [5, 5.41) is 0. The second kappa shape index (κ2) is 3.15. The van der Waals surface area contributed by atoms with Crippen molar-refractivity contribution in [2.75, 3.05) is 0 Å². The van der Waals surface area contributed by atoms with E-state index in [0.717, 1.165) is 5.56 Å². The lowest BCUT2D eigenvalue weighted by atomic mass is 10.2. The van der Waals surface area contributed by atoms with Crippen molar-refractivity contribution < 1.29 is 4.42 Å². The Morgan fingerprint density at radius 3 is 2.93 bits per heavy atom. The Labute approximate surface area is 84.9 Å². The third kappa shape index (κ3) is 1.32. The summed E-state index contributed by atoms with van der Waals surface area (Å²) in [7, 11) is 1.64. The van der Waals surface area contributed by atoms with E-state index in [1.54, 1.807) is 25.2 Å². The summed E-state index contributed by atoms with van der Waals surface area (Å²) in [5.41, 5.74) is 6.94. The van der Waals surface area contributed by atoms with E-state index in [1.165, 1.54) is 4.57 Å². The molecule has 14 heavy (non-hydrogen) atoms.